The number of hydrogen-bond acceptors (Lipinski definition) is 4. The zero-order chi connectivity index (χ0) is 22.8. The van der Waals surface area contributed by atoms with E-state index in [2.05, 4.69) is 73.9 Å². The van der Waals surface area contributed by atoms with Crippen LogP contribution in [-0.4, -0.2) is 40.6 Å². The lowest BCUT2D eigenvalue weighted by Gasteiger charge is -2.34. The molecule has 4 nitrogen and oxygen atoms in total. The molecule has 3 aromatic rings. The van der Waals surface area contributed by atoms with Gasteiger partial charge in [0.1, 0.15) is 5.65 Å². The number of fused-ring (bicyclic) bond motifs is 1. The second kappa shape index (κ2) is 9.88. The number of aliphatic hydroxyl groups excluding tert-OH is 1. The van der Waals surface area contributed by atoms with E-state index in [1.54, 1.807) is 11.8 Å². The van der Waals surface area contributed by atoms with Crippen LogP contribution in [0.25, 0.3) is 16.7 Å². The predicted octanol–water partition coefficient (Wildman–Crippen LogP) is 6.48. The summed E-state index contributed by atoms with van der Waals surface area (Å²) in [6, 6.07) is 9.12. The summed E-state index contributed by atoms with van der Waals surface area (Å²) < 4.78 is 2.30. The lowest BCUT2D eigenvalue weighted by Crippen LogP contribution is -2.34. The Morgan fingerprint density at radius 2 is 1.88 bits per heavy atom. The standard InChI is InChI=1S/C27H37N3OS/c1-18(2)22-8-9-23(25(16-22)32-5)30-17-19(3)26-24(15-20(4)28-27(26)30)29-12-10-21(11-13-29)7-6-14-31/h8-9,15-18,21,31H,6-7,10-14H2,1-5H3. The number of aryl methyl sites for hydroxylation is 2. The summed E-state index contributed by atoms with van der Waals surface area (Å²) in [5.74, 6) is 1.26. The molecule has 0 bridgehead atoms. The maximum Gasteiger partial charge on any atom is 0.147 e. The topological polar surface area (TPSA) is 41.3 Å². The van der Waals surface area contributed by atoms with Crippen LogP contribution in [0.3, 0.4) is 0 Å². The lowest BCUT2D eigenvalue weighted by molar-refractivity contribution is 0.261. The Hall–Kier alpha value is -1.98. The predicted molar refractivity (Wildman–Crippen MR) is 138 cm³/mol. The first kappa shape index (κ1) is 23.2. The van der Waals surface area contributed by atoms with Gasteiger partial charge in [0.25, 0.3) is 0 Å². The Morgan fingerprint density at radius 1 is 1.12 bits per heavy atom. The molecule has 1 fully saturated rings. The second-order valence-electron chi connectivity index (χ2n) is 9.55. The van der Waals surface area contributed by atoms with Crippen LogP contribution in [0.5, 0.6) is 0 Å². The van der Waals surface area contributed by atoms with Crippen molar-refractivity contribution < 1.29 is 5.11 Å². The molecule has 2 aromatic heterocycles. The maximum atomic E-state index is 9.16. The Labute approximate surface area is 197 Å². The number of rotatable bonds is 7. The Morgan fingerprint density at radius 3 is 2.53 bits per heavy atom. The average molecular weight is 452 g/mol. The monoisotopic (exact) mass is 451 g/mol. The first-order valence-corrected chi connectivity index (χ1v) is 13.2. The molecule has 0 spiro atoms. The van der Waals surface area contributed by atoms with Gasteiger partial charge in [-0.3, -0.25) is 4.57 Å². The molecule has 0 radical (unpaired) electrons. The van der Waals surface area contributed by atoms with E-state index in [0.717, 1.165) is 43.2 Å². The highest BCUT2D eigenvalue weighted by Gasteiger charge is 2.23. The van der Waals surface area contributed by atoms with Crippen molar-refractivity contribution in [3.63, 3.8) is 0 Å². The van der Waals surface area contributed by atoms with Crippen molar-refractivity contribution in [3.05, 3.63) is 47.3 Å². The summed E-state index contributed by atoms with van der Waals surface area (Å²) >= 11 is 1.81. The maximum absolute atomic E-state index is 9.16. The van der Waals surface area contributed by atoms with Gasteiger partial charge >= 0.3 is 0 Å². The molecule has 4 rings (SSSR count). The largest absolute Gasteiger partial charge is 0.396 e. The third-order valence-corrected chi connectivity index (χ3v) is 7.68. The van der Waals surface area contributed by atoms with Crippen LogP contribution < -0.4 is 4.90 Å². The van der Waals surface area contributed by atoms with Gasteiger partial charge in [-0.2, -0.15) is 0 Å². The van der Waals surface area contributed by atoms with Gasteiger partial charge in [0.05, 0.1) is 5.69 Å². The van der Waals surface area contributed by atoms with E-state index >= 15 is 0 Å². The number of nitrogens with zero attached hydrogens (tertiary/aromatic N) is 3. The lowest BCUT2D eigenvalue weighted by atomic mass is 9.92. The zero-order valence-electron chi connectivity index (χ0n) is 20.2. The molecule has 3 heterocycles. The molecular formula is C27H37N3OS. The summed E-state index contributed by atoms with van der Waals surface area (Å²) in [5.41, 5.74) is 7.33. The molecule has 0 amide bonds. The quantitative estimate of drug-likeness (QED) is 0.418. The number of thioether (sulfide) groups is 1. The minimum absolute atomic E-state index is 0.313. The number of anilines is 1. The summed E-state index contributed by atoms with van der Waals surface area (Å²) in [7, 11) is 0. The van der Waals surface area contributed by atoms with Crippen LogP contribution in [0, 0.1) is 19.8 Å². The fourth-order valence-electron chi connectivity index (χ4n) is 5.04. The number of pyridine rings is 1. The third kappa shape index (κ3) is 4.55. The van der Waals surface area contributed by atoms with Crippen molar-refractivity contribution in [1.82, 2.24) is 9.55 Å². The first-order chi connectivity index (χ1) is 15.4. The van der Waals surface area contributed by atoms with E-state index in [0.29, 0.717) is 12.5 Å². The van der Waals surface area contributed by atoms with Crippen molar-refractivity contribution >= 4 is 28.5 Å². The minimum Gasteiger partial charge on any atom is -0.396 e. The van der Waals surface area contributed by atoms with E-state index in [9.17, 15) is 0 Å². The van der Waals surface area contributed by atoms with Gasteiger partial charge in [-0.05, 0) is 86.9 Å². The van der Waals surface area contributed by atoms with Gasteiger partial charge in [-0.1, -0.05) is 19.9 Å². The van der Waals surface area contributed by atoms with Gasteiger partial charge in [-0.25, -0.2) is 4.98 Å². The van der Waals surface area contributed by atoms with Crippen LogP contribution in [0.1, 0.15) is 62.3 Å². The Bertz CT molecular complexity index is 1080. The number of aliphatic hydroxyl groups is 1. The molecule has 0 unspecified atom stereocenters. The van der Waals surface area contributed by atoms with E-state index < -0.39 is 0 Å². The molecule has 172 valence electrons. The molecule has 0 saturated carbocycles. The van der Waals surface area contributed by atoms with E-state index in [4.69, 9.17) is 10.1 Å². The SMILES string of the molecule is CSc1cc(C(C)C)ccc1-n1cc(C)c2c(N3CCC(CCCO)CC3)cc(C)nc21. The van der Waals surface area contributed by atoms with Gasteiger partial charge in [0, 0.05) is 47.6 Å². The number of aromatic nitrogens is 2. The van der Waals surface area contributed by atoms with Gasteiger partial charge in [0.2, 0.25) is 0 Å². The van der Waals surface area contributed by atoms with Crippen molar-refractivity contribution in [2.75, 3.05) is 30.9 Å². The molecule has 0 aliphatic carbocycles. The smallest absolute Gasteiger partial charge is 0.147 e. The number of piperidine rings is 1. The second-order valence-corrected chi connectivity index (χ2v) is 10.4. The normalized spacial score (nSPS) is 15.3. The molecule has 1 aliphatic rings. The summed E-state index contributed by atoms with van der Waals surface area (Å²) in [6.45, 7) is 11.3. The zero-order valence-corrected chi connectivity index (χ0v) is 21.0. The van der Waals surface area contributed by atoms with Crippen molar-refractivity contribution in [2.45, 2.75) is 64.2 Å². The number of hydrogen-bond donors (Lipinski definition) is 1. The molecule has 32 heavy (non-hydrogen) atoms. The summed E-state index contributed by atoms with van der Waals surface area (Å²) in [5, 5.41) is 10.4. The fourth-order valence-corrected chi connectivity index (χ4v) is 5.67. The summed E-state index contributed by atoms with van der Waals surface area (Å²) in [6.07, 6.45) is 8.91. The molecule has 1 aromatic carbocycles. The van der Waals surface area contributed by atoms with Crippen LogP contribution in [0.15, 0.2) is 35.4 Å². The van der Waals surface area contributed by atoms with Crippen LogP contribution in [0.2, 0.25) is 0 Å². The van der Waals surface area contributed by atoms with E-state index in [-0.39, 0.29) is 0 Å². The summed E-state index contributed by atoms with van der Waals surface area (Å²) in [4.78, 5) is 8.87. The van der Waals surface area contributed by atoms with Crippen molar-refractivity contribution in [1.29, 1.82) is 0 Å². The molecule has 5 heteroatoms. The van der Waals surface area contributed by atoms with Crippen LogP contribution in [0.4, 0.5) is 5.69 Å². The highest BCUT2D eigenvalue weighted by molar-refractivity contribution is 7.98. The Balaban J connectivity index is 1.74. The van der Waals surface area contributed by atoms with Gasteiger partial charge < -0.3 is 10.0 Å². The first-order valence-electron chi connectivity index (χ1n) is 12.0. The molecular weight excluding hydrogens is 414 g/mol. The van der Waals surface area contributed by atoms with E-state index in [1.807, 2.05) is 0 Å². The fraction of sp³-hybridized carbons (Fsp3) is 0.519. The van der Waals surface area contributed by atoms with E-state index in [1.165, 1.54) is 45.6 Å². The van der Waals surface area contributed by atoms with Gasteiger partial charge in [-0.15, -0.1) is 11.8 Å². The van der Waals surface area contributed by atoms with Crippen molar-refractivity contribution in [3.8, 4) is 5.69 Å². The van der Waals surface area contributed by atoms with Gasteiger partial charge in [0.15, 0.2) is 0 Å². The highest BCUT2D eigenvalue weighted by atomic mass is 32.2. The third-order valence-electron chi connectivity index (χ3n) is 6.91. The Kier molecular flexibility index (Phi) is 7.16. The van der Waals surface area contributed by atoms with Crippen LogP contribution >= 0.6 is 11.8 Å². The molecule has 1 saturated heterocycles. The highest BCUT2D eigenvalue weighted by Crippen LogP contribution is 2.37. The molecule has 1 aliphatic heterocycles. The molecule has 1 N–H and O–H groups in total. The number of benzene rings is 1. The van der Waals surface area contributed by atoms with Crippen molar-refractivity contribution in [2.24, 2.45) is 5.92 Å². The average Bonchev–Trinajstić information content (AvgIpc) is 3.12. The minimum atomic E-state index is 0.313. The molecule has 0 atom stereocenters. The van der Waals surface area contributed by atoms with Crippen LogP contribution in [-0.2, 0) is 0 Å².